The van der Waals surface area contributed by atoms with Crippen LogP contribution in [-0.2, 0) is 11.3 Å². The van der Waals surface area contributed by atoms with Crippen LogP contribution in [0.15, 0.2) is 67.0 Å². The molecule has 0 spiro atoms. The van der Waals surface area contributed by atoms with E-state index in [1.807, 2.05) is 0 Å². The van der Waals surface area contributed by atoms with Crippen molar-refractivity contribution >= 4 is 0 Å². The van der Waals surface area contributed by atoms with Gasteiger partial charge < -0.3 is 9.84 Å². The largest absolute Gasteiger partial charge is 0.389 e. The summed E-state index contributed by atoms with van der Waals surface area (Å²) < 4.78 is 33.9. The van der Waals surface area contributed by atoms with Gasteiger partial charge in [0.15, 0.2) is 0 Å². The molecule has 0 saturated carbocycles. The standard InChI is InChI=1S/C19H18F2N2O2/c20-16-6-2-14(3-7-16)19(15-4-8-17(21)9-5-15)25-13-18(24)12-23-11-1-10-22-23/h1-11,18-19,24H,12-13H2/t18-/m0/s1. The van der Waals surface area contributed by atoms with Crippen molar-refractivity contribution in [2.24, 2.45) is 0 Å². The monoisotopic (exact) mass is 344 g/mol. The second-order valence-electron chi connectivity index (χ2n) is 5.70. The number of halogens is 2. The summed E-state index contributed by atoms with van der Waals surface area (Å²) in [7, 11) is 0. The van der Waals surface area contributed by atoms with E-state index < -0.39 is 12.2 Å². The lowest BCUT2D eigenvalue weighted by molar-refractivity contribution is -0.00193. The molecule has 1 N–H and O–H groups in total. The second-order valence-corrected chi connectivity index (χ2v) is 5.70. The molecule has 2 aromatic carbocycles. The van der Waals surface area contributed by atoms with E-state index in [9.17, 15) is 13.9 Å². The number of aliphatic hydroxyl groups excluding tert-OH is 1. The number of rotatable bonds is 7. The normalized spacial score (nSPS) is 12.5. The fourth-order valence-corrected chi connectivity index (χ4v) is 2.54. The van der Waals surface area contributed by atoms with Gasteiger partial charge in [-0.2, -0.15) is 5.10 Å². The lowest BCUT2D eigenvalue weighted by atomic mass is 10.0. The Hall–Kier alpha value is -2.57. The van der Waals surface area contributed by atoms with Crippen LogP contribution in [0.2, 0.25) is 0 Å². The van der Waals surface area contributed by atoms with Gasteiger partial charge in [0.05, 0.1) is 19.3 Å². The third-order valence-corrected chi connectivity index (χ3v) is 3.76. The van der Waals surface area contributed by atoms with Crippen molar-refractivity contribution in [3.63, 3.8) is 0 Å². The molecule has 0 bridgehead atoms. The van der Waals surface area contributed by atoms with Gasteiger partial charge >= 0.3 is 0 Å². The Morgan fingerprint density at radius 2 is 1.52 bits per heavy atom. The first kappa shape index (κ1) is 17.3. The topological polar surface area (TPSA) is 47.3 Å². The third-order valence-electron chi connectivity index (χ3n) is 3.76. The maximum atomic E-state index is 13.2. The lowest BCUT2D eigenvalue weighted by Gasteiger charge is -2.21. The fourth-order valence-electron chi connectivity index (χ4n) is 2.54. The quantitative estimate of drug-likeness (QED) is 0.715. The molecule has 0 saturated heterocycles. The average Bonchev–Trinajstić information content (AvgIpc) is 3.11. The highest BCUT2D eigenvalue weighted by atomic mass is 19.1. The first-order chi connectivity index (χ1) is 12.1. The Bertz CT molecular complexity index is 729. The van der Waals surface area contributed by atoms with Crippen molar-refractivity contribution in [1.29, 1.82) is 0 Å². The van der Waals surface area contributed by atoms with Gasteiger partial charge in [-0.3, -0.25) is 4.68 Å². The van der Waals surface area contributed by atoms with Crippen LogP contribution in [0.5, 0.6) is 0 Å². The van der Waals surface area contributed by atoms with Crippen LogP contribution in [0.25, 0.3) is 0 Å². The Morgan fingerprint density at radius 1 is 0.960 bits per heavy atom. The smallest absolute Gasteiger partial charge is 0.123 e. The summed E-state index contributed by atoms with van der Waals surface area (Å²) in [5.41, 5.74) is 1.44. The molecule has 0 unspecified atom stereocenters. The zero-order valence-electron chi connectivity index (χ0n) is 13.4. The number of aromatic nitrogens is 2. The van der Waals surface area contributed by atoms with E-state index in [-0.39, 0.29) is 18.2 Å². The fraction of sp³-hybridized carbons (Fsp3) is 0.211. The van der Waals surface area contributed by atoms with Crippen molar-refractivity contribution in [2.75, 3.05) is 6.61 Å². The molecule has 0 aliphatic heterocycles. The molecule has 0 fully saturated rings. The van der Waals surface area contributed by atoms with E-state index in [0.29, 0.717) is 6.54 Å². The van der Waals surface area contributed by atoms with Gasteiger partial charge in [-0.05, 0) is 41.5 Å². The third kappa shape index (κ3) is 4.71. The van der Waals surface area contributed by atoms with Crippen molar-refractivity contribution in [2.45, 2.75) is 18.8 Å². The Morgan fingerprint density at radius 3 is 2.00 bits per heavy atom. The van der Waals surface area contributed by atoms with Crippen molar-refractivity contribution < 1.29 is 18.6 Å². The SMILES string of the molecule is O[C@H](COC(c1ccc(F)cc1)c1ccc(F)cc1)Cn1cccn1. The molecular weight excluding hydrogens is 326 g/mol. The number of ether oxygens (including phenoxy) is 1. The highest BCUT2D eigenvalue weighted by Crippen LogP contribution is 2.26. The maximum Gasteiger partial charge on any atom is 0.123 e. The van der Waals surface area contributed by atoms with Gasteiger partial charge in [0, 0.05) is 12.4 Å². The zero-order chi connectivity index (χ0) is 17.6. The minimum absolute atomic E-state index is 0.0548. The van der Waals surface area contributed by atoms with Crippen LogP contribution in [0.4, 0.5) is 8.78 Å². The van der Waals surface area contributed by atoms with Crippen molar-refractivity contribution in [3.8, 4) is 0 Å². The number of nitrogens with zero attached hydrogens (tertiary/aromatic N) is 2. The predicted octanol–water partition coefficient (Wildman–Crippen LogP) is 3.33. The molecule has 0 amide bonds. The number of hydrogen-bond acceptors (Lipinski definition) is 3. The van der Waals surface area contributed by atoms with Crippen LogP contribution in [0.1, 0.15) is 17.2 Å². The number of aliphatic hydroxyl groups is 1. The maximum absolute atomic E-state index is 13.2. The van der Waals surface area contributed by atoms with E-state index in [1.165, 1.54) is 24.3 Å². The van der Waals surface area contributed by atoms with Crippen LogP contribution >= 0.6 is 0 Å². The lowest BCUT2D eigenvalue weighted by Crippen LogP contribution is -2.24. The second kappa shape index (κ2) is 8.00. The molecule has 0 aliphatic carbocycles. The van der Waals surface area contributed by atoms with Gasteiger partial charge in [-0.25, -0.2) is 8.78 Å². The van der Waals surface area contributed by atoms with E-state index in [2.05, 4.69) is 5.10 Å². The van der Waals surface area contributed by atoms with E-state index in [4.69, 9.17) is 4.74 Å². The van der Waals surface area contributed by atoms with Crippen LogP contribution in [-0.4, -0.2) is 27.6 Å². The van der Waals surface area contributed by atoms with Crippen LogP contribution in [0, 0.1) is 11.6 Å². The Labute approximate surface area is 144 Å². The average molecular weight is 344 g/mol. The van der Waals surface area contributed by atoms with Crippen LogP contribution < -0.4 is 0 Å². The zero-order valence-corrected chi connectivity index (χ0v) is 13.4. The predicted molar refractivity (Wildman–Crippen MR) is 88.8 cm³/mol. The summed E-state index contributed by atoms with van der Waals surface area (Å²) in [6, 6.07) is 13.6. The highest BCUT2D eigenvalue weighted by molar-refractivity contribution is 5.30. The van der Waals surface area contributed by atoms with E-state index >= 15 is 0 Å². The minimum atomic E-state index is -0.761. The molecule has 1 aromatic heterocycles. The van der Waals surface area contributed by atoms with Gasteiger partial charge in [-0.15, -0.1) is 0 Å². The molecule has 0 radical (unpaired) electrons. The van der Waals surface area contributed by atoms with Gasteiger partial charge in [-0.1, -0.05) is 24.3 Å². The van der Waals surface area contributed by atoms with Crippen molar-refractivity contribution in [1.82, 2.24) is 9.78 Å². The number of benzene rings is 2. The number of hydrogen-bond donors (Lipinski definition) is 1. The summed E-state index contributed by atoms with van der Waals surface area (Å²) in [6.45, 7) is 0.353. The summed E-state index contributed by atoms with van der Waals surface area (Å²) in [5.74, 6) is -0.694. The molecule has 1 atom stereocenters. The van der Waals surface area contributed by atoms with Gasteiger partial charge in [0.25, 0.3) is 0 Å². The molecule has 1 heterocycles. The Kier molecular flexibility index (Phi) is 5.53. The summed E-state index contributed by atoms with van der Waals surface area (Å²) in [4.78, 5) is 0. The minimum Gasteiger partial charge on any atom is -0.389 e. The van der Waals surface area contributed by atoms with E-state index in [0.717, 1.165) is 11.1 Å². The molecule has 4 nitrogen and oxygen atoms in total. The molecule has 3 rings (SSSR count). The van der Waals surface area contributed by atoms with Crippen LogP contribution in [0.3, 0.4) is 0 Å². The molecule has 0 aliphatic rings. The summed E-state index contributed by atoms with van der Waals surface area (Å²) in [6.07, 6.45) is 2.09. The van der Waals surface area contributed by atoms with E-state index in [1.54, 1.807) is 47.4 Å². The van der Waals surface area contributed by atoms with Gasteiger partial charge in [0.2, 0.25) is 0 Å². The molecule has 130 valence electrons. The van der Waals surface area contributed by atoms with Crippen molar-refractivity contribution in [3.05, 3.63) is 89.8 Å². The molecule has 25 heavy (non-hydrogen) atoms. The highest BCUT2D eigenvalue weighted by Gasteiger charge is 2.17. The summed E-state index contributed by atoms with van der Waals surface area (Å²) in [5, 5.41) is 14.2. The van der Waals surface area contributed by atoms with Gasteiger partial charge in [0.1, 0.15) is 17.7 Å². The summed E-state index contributed by atoms with van der Waals surface area (Å²) >= 11 is 0. The Balaban J connectivity index is 1.74. The first-order valence-electron chi connectivity index (χ1n) is 7.90. The molecule has 6 heteroatoms. The molecule has 3 aromatic rings. The first-order valence-corrected chi connectivity index (χ1v) is 7.90. The molecular formula is C19H18F2N2O2.